The second-order valence-corrected chi connectivity index (χ2v) is 9.35. The number of nitrogens with one attached hydrogen (secondary N) is 1. The zero-order chi connectivity index (χ0) is 23.5. The Balaban J connectivity index is 1.30. The van der Waals surface area contributed by atoms with Crippen LogP contribution in [0.2, 0.25) is 0 Å². The number of carbonyl (C=O) groups excluding carboxylic acids is 1. The molecule has 3 heterocycles. The molecule has 0 spiro atoms. The molecule has 1 fully saturated rings. The number of hydrogen-bond acceptors (Lipinski definition) is 5. The van der Waals surface area contributed by atoms with Gasteiger partial charge in [0.15, 0.2) is 5.82 Å². The number of thioether (sulfide) groups is 1. The van der Waals surface area contributed by atoms with Crippen molar-refractivity contribution in [3.63, 3.8) is 0 Å². The van der Waals surface area contributed by atoms with E-state index in [1.165, 1.54) is 17.0 Å². The van der Waals surface area contributed by atoms with E-state index in [1.54, 1.807) is 34.6 Å². The van der Waals surface area contributed by atoms with E-state index in [1.807, 2.05) is 12.3 Å². The monoisotopic (exact) mass is 475 g/mol. The first-order chi connectivity index (χ1) is 16.6. The van der Waals surface area contributed by atoms with Gasteiger partial charge in [0.25, 0.3) is 0 Å². The molecule has 1 saturated heterocycles. The van der Waals surface area contributed by atoms with Crippen molar-refractivity contribution in [2.24, 2.45) is 5.92 Å². The van der Waals surface area contributed by atoms with E-state index in [2.05, 4.69) is 50.8 Å². The number of amides is 1. The second kappa shape index (κ2) is 9.85. The van der Waals surface area contributed by atoms with Crippen molar-refractivity contribution in [1.29, 1.82) is 0 Å². The average Bonchev–Trinajstić information content (AvgIpc) is 3.32. The lowest BCUT2D eigenvalue weighted by atomic mass is 9.97. The number of nitrogens with zero attached hydrogens (tertiary/aromatic N) is 4. The summed E-state index contributed by atoms with van der Waals surface area (Å²) in [7, 11) is 0. The third-order valence-corrected chi connectivity index (χ3v) is 6.97. The fourth-order valence-corrected chi connectivity index (χ4v) is 4.78. The number of rotatable bonds is 6. The molecule has 174 valence electrons. The van der Waals surface area contributed by atoms with Gasteiger partial charge >= 0.3 is 0 Å². The molecule has 2 aromatic carbocycles. The minimum absolute atomic E-state index is 0.0751. The van der Waals surface area contributed by atoms with Gasteiger partial charge in [0, 0.05) is 42.5 Å². The normalized spacial score (nSPS) is 16.1. The van der Waals surface area contributed by atoms with Gasteiger partial charge in [-0.25, -0.2) is 13.9 Å². The average molecular weight is 476 g/mol. The van der Waals surface area contributed by atoms with Gasteiger partial charge in [0.1, 0.15) is 11.3 Å². The predicted molar refractivity (Wildman–Crippen MR) is 133 cm³/mol. The van der Waals surface area contributed by atoms with Gasteiger partial charge in [-0.3, -0.25) is 4.79 Å². The van der Waals surface area contributed by atoms with Gasteiger partial charge in [-0.15, -0.1) is 11.8 Å². The molecule has 6 nitrogen and oxygen atoms in total. The minimum Gasteiger partial charge on any atom is -0.354 e. The first kappa shape index (κ1) is 22.4. The number of anilines is 1. The Hall–Kier alpha value is -3.39. The van der Waals surface area contributed by atoms with E-state index in [9.17, 15) is 9.18 Å². The number of halogens is 1. The zero-order valence-electron chi connectivity index (χ0n) is 18.9. The molecule has 8 heteroatoms. The van der Waals surface area contributed by atoms with Crippen LogP contribution >= 0.6 is 11.8 Å². The summed E-state index contributed by atoms with van der Waals surface area (Å²) < 4.78 is 15.1. The van der Waals surface area contributed by atoms with E-state index >= 15 is 0 Å². The molecule has 1 aliphatic rings. The van der Waals surface area contributed by atoms with Gasteiger partial charge in [0.05, 0.1) is 11.6 Å². The highest BCUT2D eigenvalue weighted by molar-refractivity contribution is 7.98. The first-order valence-electron chi connectivity index (χ1n) is 11.4. The van der Waals surface area contributed by atoms with Crippen molar-refractivity contribution in [3.8, 4) is 11.3 Å². The number of carbonyl (C=O) groups is 1. The number of piperidine rings is 1. The number of fused-ring (bicyclic) bond motifs is 1. The lowest BCUT2D eigenvalue weighted by molar-refractivity contribution is -0.125. The fourth-order valence-electron chi connectivity index (χ4n) is 4.37. The lowest BCUT2D eigenvalue weighted by Gasteiger charge is -2.33. The van der Waals surface area contributed by atoms with Crippen LogP contribution in [0.5, 0.6) is 0 Å². The molecule has 2 aromatic heterocycles. The molecule has 1 amide bonds. The number of hydrogen-bond donors (Lipinski definition) is 1. The summed E-state index contributed by atoms with van der Waals surface area (Å²) in [6.07, 6.45) is 7.36. The SMILES string of the molecule is CSc1ccc(CNC(=O)[C@@H]2CCCN(c3nccn4nc(-c5ccc(F)cc5)cc34)C2)cc1. The van der Waals surface area contributed by atoms with E-state index in [4.69, 9.17) is 0 Å². The Labute approximate surface area is 202 Å². The van der Waals surface area contributed by atoms with Crippen LogP contribution in [0, 0.1) is 11.7 Å². The summed E-state index contributed by atoms with van der Waals surface area (Å²) >= 11 is 1.70. The molecule has 4 aromatic rings. The maximum Gasteiger partial charge on any atom is 0.225 e. The summed E-state index contributed by atoms with van der Waals surface area (Å²) in [5, 5.41) is 7.75. The van der Waals surface area contributed by atoms with Crippen molar-refractivity contribution >= 4 is 29.0 Å². The Morgan fingerprint density at radius 2 is 1.97 bits per heavy atom. The molecule has 0 radical (unpaired) electrons. The van der Waals surface area contributed by atoms with Gasteiger partial charge in [-0.05, 0) is 67.1 Å². The topological polar surface area (TPSA) is 62.5 Å². The number of aromatic nitrogens is 3. The molecule has 5 rings (SSSR count). The second-order valence-electron chi connectivity index (χ2n) is 8.47. The van der Waals surface area contributed by atoms with Gasteiger partial charge in [-0.2, -0.15) is 5.10 Å². The molecule has 34 heavy (non-hydrogen) atoms. The summed E-state index contributed by atoms with van der Waals surface area (Å²) in [6, 6.07) is 16.5. The van der Waals surface area contributed by atoms with Gasteiger partial charge < -0.3 is 10.2 Å². The maximum absolute atomic E-state index is 13.3. The summed E-state index contributed by atoms with van der Waals surface area (Å²) in [6.45, 7) is 1.98. The Kier molecular flexibility index (Phi) is 6.49. The van der Waals surface area contributed by atoms with Crippen molar-refractivity contribution < 1.29 is 9.18 Å². The van der Waals surface area contributed by atoms with Crippen LogP contribution in [-0.2, 0) is 11.3 Å². The Bertz CT molecular complexity index is 1290. The van der Waals surface area contributed by atoms with Crippen LogP contribution in [0.4, 0.5) is 10.2 Å². The summed E-state index contributed by atoms with van der Waals surface area (Å²) in [4.78, 5) is 21.0. The standard InChI is InChI=1S/C26H26FN5OS/c1-34-22-10-4-18(5-11-22)16-29-26(33)20-3-2-13-31(17-20)25-24-15-23(30-32(24)14-12-28-25)19-6-8-21(27)9-7-19/h4-12,14-15,20H,2-3,13,16-17H2,1H3,(H,29,33)/t20-/m1/s1. The smallest absolute Gasteiger partial charge is 0.225 e. The van der Waals surface area contributed by atoms with Crippen LogP contribution in [0.1, 0.15) is 18.4 Å². The number of benzene rings is 2. The molecule has 0 aliphatic carbocycles. The molecule has 0 bridgehead atoms. The highest BCUT2D eigenvalue weighted by Gasteiger charge is 2.27. The van der Waals surface area contributed by atoms with E-state index in [0.29, 0.717) is 13.1 Å². The van der Waals surface area contributed by atoms with E-state index in [-0.39, 0.29) is 17.6 Å². The molecule has 1 atom stereocenters. The third-order valence-electron chi connectivity index (χ3n) is 6.23. The van der Waals surface area contributed by atoms with Crippen LogP contribution in [0.15, 0.2) is 71.9 Å². The van der Waals surface area contributed by atoms with Crippen molar-refractivity contribution in [1.82, 2.24) is 19.9 Å². The van der Waals surface area contributed by atoms with Crippen molar-refractivity contribution in [2.45, 2.75) is 24.3 Å². The molecule has 1 N–H and O–H groups in total. The van der Waals surface area contributed by atoms with Crippen LogP contribution in [0.25, 0.3) is 16.8 Å². The van der Waals surface area contributed by atoms with Crippen LogP contribution in [0.3, 0.4) is 0 Å². The van der Waals surface area contributed by atoms with Crippen LogP contribution < -0.4 is 10.2 Å². The molecular formula is C26H26FN5OS. The minimum atomic E-state index is -0.274. The Morgan fingerprint density at radius 3 is 2.74 bits per heavy atom. The first-order valence-corrected chi connectivity index (χ1v) is 12.6. The van der Waals surface area contributed by atoms with E-state index < -0.39 is 0 Å². The molecule has 0 saturated carbocycles. The largest absolute Gasteiger partial charge is 0.354 e. The predicted octanol–water partition coefficient (Wildman–Crippen LogP) is 4.79. The summed E-state index contributed by atoms with van der Waals surface area (Å²) in [5.41, 5.74) is 3.57. The molecule has 1 aliphatic heterocycles. The molecule has 0 unspecified atom stereocenters. The molecular weight excluding hydrogens is 449 g/mol. The lowest BCUT2D eigenvalue weighted by Crippen LogP contribution is -2.43. The van der Waals surface area contributed by atoms with E-state index in [0.717, 1.165) is 47.5 Å². The quantitative estimate of drug-likeness (QED) is 0.406. The third kappa shape index (κ3) is 4.77. The summed E-state index contributed by atoms with van der Waals surface area (Å²) in [5.74, 6) is 0.518. The van der Waals surface area contributed by atoms with Crippen LogP contribution in [-0.4, -0.2) is 39.9 Å². The van der Waals surface area contributed by atoms with Gasteiger partial charge in [0.2, 0.25) is 5.91 Å². The maximum atomic E-state index is 13.3. The van der Waals surface area contributed by atoms with Crippen molar-refractivity contribution in [3.05, 3.63) is 78.4 Å². The van der Waals surface area contributed by atoms with Crippen molar-refractivity contribution in [2.75, 3.05) is 24.2 Å². The van der Waals surface area contributed by atoms with Gasteiger partial charge in [-0.1, -0.05) is 12.1 Å². The fraction of sp³-hybridized carbons (Fsp3) is 0.269. The Morgan fingerprint density at radius 1 is 1.18 bits per heavy atom. The zero-order valence-corrected chi connectivity index (χ0v) is 19.8. The highest BCUT2D eigenvalue weighted by atomic mass is 32.2. The highest BCUT2D eigenvalue weighted by Crippen LogP contribution is 2.28.